The predicted molar refractivity (Wildman–Crippen MR) is 85.9 cm³/mol. The third-order valence-electron chi connectivity index (χ3n) is 3.48. The first-order valence-corrected chi connectivity index (χ1v) is 8.05. The smallest absolute Gasteiger partial charge is 0.249 e. The molecule has 0 bridgehead atoms. The lowest BCUT2D eigenvalue weighted by Crippen LogP contribution is -2.34. The number of rotatable bonds is 3. The molecule has 7 heteroatoms. The molecule has 0 atom stereocenters. The Bertz CT molecular complexity index is 850. The normalized spacial score (nSPS) is 13.9. The van der Waals surface area contributed by atoms with Crippen LogP contribution in [0.5, 0.6) is 0 Å². The summed E-state index contributed by atoms with van der Waals surface area (Å²) in [5, 5.41) is 8.08. The molecule has 2 aromatic heterocycles. The highest BCUT2D eigenvalue weighted by atomic mass is 32.2. The second kappa shape index (κ2) is 5.85. The number of pyridine rings is 1. The predicted octanol–water partition coefficient (Wildman–Crippen LogP) is 2.77. The monoisotopic (exact) mass is 324 g/mol. The number of benzene rings is 1. The molecule has 0 saturated carbocycles. The SMILES string of the molecule is O=C1CSc2ccccc2N1Cc1nnc(-c2cccnc2)o1. The summed E-state index contributed by atoms with van der Waals surface area (Å²) in [7, 11) is 0. The molecule has 6 nitrogen and oxygen atoms in total. The average molecular weight is 324 g/mol. The van der Waals surface area contributed by atoms with Gasteiger partial charge in [0.2, 0.25) is 17.7 Å². The Hall–Kier alpha value is -2.67. The molecule has 0 fully saturated rings. The van der Waals surface area contributed by atoms with E-state index in [1.807, 2.05) is 30.3 Å². The standard InChI is InChI=1S/C16H12N4O2S/c21-15-10-23-13-6-2-1-5-12(13)20(15)9-14-18-19-16(22-14)11-4-3-7-17-8-11/h1-8H,9-10H2. The molecule has 0 spiro atoms. The fourth-order valence-corrected chi connectivity index (χ4v) is 3.32. The van der Waals surface area contributed by atoms with E-state index < -0.39 is 0 Å². The van der Waals surface area contributed by atoms with Gasteiger partial charge in [-0.2, -0.15) is 0 Å². The summed E-state index contributed by atoms with van der Waals surface area (Å²) in [6.45, 7) is 0.268. The highest BCUT2D eigenvalue weighted by Gasteiger charge is 2.26. The molecular formula is C16H12N4O2S. The zero-order valence-corrected chi connectivity index (χ0v) is 12.9. The topological polar surface area (TPSA) is 72.1 Å². The molecule has 3 aromatic rings. The van der Waals surface area contributed by atoms with Gasteiger partial charge >= 0.3 is 0 Å². The molecule has 0 saturated heterocycles. The van der Waals surface area contributed by atoms with Crippen LogP contribution in [0.2, 0.25) is 0 Å². The Morgan fingerprint density at radius 1 is 1.17 bits per heavy atom. The third-order valence-corrected chi connectivity index (χ3v) is 4.52. The number of hydrogen-bond donors (Lipinski definition) is 0. The van der Waals surface area contributed by atoms with E-state index in [1.165, 1.54) is 0 Å². The summed E-state index contributed by atoms with van der Waals surface area (Å²) >= 11 is 1.55. The van der Waals surface area contributed by atoms with Crippen molar-refractivity contribution in [1.29, 1.82) is 0 Å². The molecule has 1 aliphatic rings. The van der Waals surface area contributed by atoms with Gasteiger partial charge in [-0.25, -0.2) is 0 Å². The molecule has 0 N–H and O–H groups in total. The Morgan fingerprint density at radius 3 is 2.96 bits per heavy atom. The minimum atomic E-state index is 0.0369. The number of thioether (sulfide) groups is 1. The largest absolute Gasteiger partial charge is 0.419 e. The van der Waals surface area contributed by atoms with Crippen LogP contribution in [0.4, 0.5) is 5.69 Å². The van der Waals surface area contributed by atoms with Crippen molar-refractivity contribution >= 4 is 23.4 Å². The highest BCUT2D eigenvalue weighted by molar-refractivity contribution is 8.00. The molecule has 1 amide bonds. The third kappa shape index (κ3) is 2.70. The van der Waals surface area contributed by atoms with Crippen molar-refractivity contribution in [1.82, 2.24) is 15.2 Å². The van der Waals surface area contributed by atoms with Crippen molar-refractivity contribution in [3.05, 3.63) is 54.7 Å². The van der Waals surface area contributed by atoms with E-state index in [1.54, 1.807) is 35.1 Å². The number of anilines is 1. The van der Waals surface area contributed by atoms with Gasteiger partial charge in [-0.05, 0) is 24.3 Å². The first kappa shape index (κ1) is 14.0. The Balaban J connectivity index is 1.61. The molecule has 0 aliphatic carbocycles. The van der Waals surface area contributed by atoms with Crippen LogP contribution in [0.1, 0.15) is 5.89 Å². The summed E-state index contributed by atoms with van der Waals surface area (Å²) in [6, 6.07) is 11.5. The Morgan fingerprint density at radius 2 is 2.09 bits per heavy atom. The molecule has 1 aromatic carbocycles. The number of amides is 1. The number of nitrogens with zero attached hydrogens (tertiary/aromatic N) is 4. The minimum Gasteiger partial charge on any atom is -0.419 e. The summed E-state index contributed by atoms with van der Waals surface area (Å²) < 4.78 is 5.67. The fraction of sp³-hybridized carbons (Fsp3) is 0.125. The molecule has 0 unspecified atom stereocenters. The first-order valence-electron chi connectivity index (χ1n) is 7.06. The number of hydrogen-bond acceptors (Lipinski definition) is 6. The quantitative estimate of drug-likeness (QED) is 0.737. The summed E-state index contributed by atoms with van der Waals surface area (Å²) in [6.07, 6.45) is 3.34. The lowest BCUT2D eigenvalue weighted by Gasteiger charge is -2.27. The maximum atomic E-state index is 12.2. The summed E-state index contributed by atoms with van der Waals surface area (Å²) in [4.78, 5) is 19.0. The van der Waals surface area contributed by atoms with Crippen LogP contribution in [0, 0.1) is 0 Å². The van der Waals surface area contributed by atoms with Gasteiger partial charge in [0.05, 0.1) is 17.0 Å². The van der Waals surface area contributed by atoms with Crippen LogP contribution in [0.25, 0.3) is 11.5 Å². The first-order chi connectivity index (χ1) is 11.3. The molecule has 114 valence electrons. The van der Waals surface area contributed by atoms with Gasteiger partial charge in [-0.15, -0.1) is 22.0 Å². The van der Waals surface area contributed by atoms with Crippen LogP contribution in [-0.4, -0.2) is 26.8 Å². The lowest BCUT2D eigenvalue weighted by molar-refractivity contribution is -0.116. The van der Waals surface area contributed by atoms with Crippen molar-refractivity contribution in [3.63, 3.8) is 0 Å². The number of aromatic nitrogens is 3. The van der Waals surface area contributed by atoms with Crippen molar-refractivity contribution in [2.75, 3.05) is 10.7 Å². The summed E-state index contributed by atoms with van der Waals surface area (Å²) in [5.74, 6) is 1.26. The number of carbonyl (C=O) groups excluding carboxylic acids is 1. The average Bonchev–Trinajstić information content (AvgIpc) is 3.07. The maximum Gasteiger partial charge on any atom is 0.249 e. The van der Waals surface area contributed by atoms with Gasteiger partial charge in [-0.1, -0.05) is 12.1 Å². The van der Waals surface area contributed by atoms with Crippen molar-refractivity contribution in [3.8, 4) is 11.5 Å². The van der Waals surface area contributed by atoms with Gasteiger partial charge in [0.15, 0.2) is 0 Å². The van der Waals surface area contributed by atoms with Gasteiger partial charge in [0, 0.05) is 17.3 Å². The lowest BCUT2D eigenvalue weighted by atomic mass is 10.2. The van der Waals surface area contributed by atoms with E-state index in [4.69, 9.17) is 4.42 Å². The van der Waals surface area contributed by atoms with Gasteiger partial charge in [0.1, 0.15) is 6.54 Å². The van der Waals surface area contributed by atoms with E-state index in [-0.39, 0.29) is 12.5 Å². The van der Waals surface area contributed by atoms with Crippen molar-refractivity contribution < 1.29 is 9.21 Å². The molecule has 3 heterocycles. The molecule has 0 radical (unpaired) electrons. The second-order valence-corrected chi connectivity index (χ2v) is 6.00. The number of fused-ring (bicyclic) bond motifs is 1. The molecule has 1 aliphatic heterocycles. The van der Waals surface area contributed by atoms with Crippen molar-refractivity contribution in [2.24, 2.45) is 0 Å². The van der Waals surface area contributed by atoms with Crippen LogP contribution in [0.15, 0.2) is 58.1 Å². The van der Waals surface area contributed by atoms with E-state index >= 15 is 0 Å². The Kier molecular flexibility index (Phi) is 3.55. The fourth-order valence-electron chi connectivity index (χ4n) is 2.39. The van der Waals surface area contributed by atoms with E-state index in [0.29, 0.717) is 17.5 Å². The Labute approximate surface area is 136 Å². The van der Waals surface area contributed by atoms with E-state index in [9.17, 15) is 4.79 Å². The molecule has 23 heavy (non-hydrogen) atoms. The van der Waals surface area contributed by atoms with Crippen molar-refractivity contribution in [2.45, 2.75) is 11.4 Å². The highest BCUT2D eigenvalue weighted by Crippen LogP contribution is 2.35. The minimum absolute atomic E-state index is 0.0369. The van der Waals surface area contributed by atoms with Crippen LogP contribution in [0.3, 0.4) is 0 Å². The maximum absolute atomic E-state index is 12.2. The number of carbonyl (C=O) groups is 1. The van der Waals surface area contributed by atoms with Crippen LogP contribution >= 0.6 is 11.8 Å². The van der Waals surface area contributed by atoms with Gasteiger partial charge in [0.25, 0.3) is 0 Å². The molecule has 4 rings (SSSR count). The zero-order valence-electron chi connectivity index (χ0n) is 12.0. The van der Waals surface area contributed by atoms with Gasteiger partial charge in [-0.3, -0.25) is 9.78 Å². The van der Waals surface area contributed by atoms with Gasteiger partial charge < -0.3 is 9.32 Å². The summed E-state index contributed by atoms with van der Waals surface area (Å²) in [5.41, 5.74) is 1.64. The van der Waals surface area contributed by atoms with E-state index in [2.05, 4.69) is 15.2 Å². The van der Waals surface area contributed by atoms with Crippen LogP contribution in [-0.2, 0) is 11.3 Å². The second-order valence-electron chi connectivity index (χ2n) is 4.98. The zero-order chi connectivity index (χ0) is 15.6. The van der Waals surface area contributed by atoms with Crippen LogP contribution < -0.4 is 4.90 Å². The number of para-hydroxylation sites is 1. The van der Waals surface area contributed by atoms with E-state index in [0.717, 1.165) is 16.1 Å². The molecular weight excluding hydrogens is 312 g/mol.